The zero-order valence-corrected chi connectivity index (χ0v) is 14.1. The number of hydrogen-bond donors (Lipinski definition) is 1. The highest BCUT2D eigenvalue weighted by Crippen LogP contribution is 2.23. The molecule has 1 N–H and O–H groups in total. The molecule has 0 aromatic carbocycles. The number of halogens is 1. The highest BCUT2D eigenvalue weighted by atomic mass is 35.5. The van der Waals surface area contributed by atoms with Gasteiger partial charge in [-0.2, -0.15) is 5.10 Å². The lowest BCUT2D eigenvalue weighted by molar-refractivity contribution is 0.564. The number of aromatic nitrogens is 4. The SMILES string of the molecule is Clc1nc2sccn2c1CNCC1CCCN1c1cccnn1. The number of thiazole rings is 1. The Balaban J connectivity index is 1.41. The zero-order valence-electron chi connectivity index (χ0n) is 12.5. The largest absolute Gasteiger partial charge is 0.351 e. The zero-order chi connectivity index (χ0) is 15.6. The van der Waals surface area contributed by atoms with Crippen molar-refractivity contribution >= 4 is 33.7 Å². The van der Waals surface area contributed by atoms with Gasteiger partial charge in [0.25, 0.3) is 0 Å². The fourth-order valence-electron chi connectivity index (χ4n) is 3.12. The molecule has 0 saturated carbocycles. The Kier molecular flexibility index (Phi) is 4.15. The van der Waals surface area contributed by atoms with Crippen LogP contribution in [0.5, 0.6) is 0 Å². The molecule has 1 unspecified atom stereocenters. The van der Waals surface area contributed by atoms with Gasteiger partial charge in [-0.25, -0.2) is 4.98 Å². The number of fused-ring (bicyclic) bond motifs is 1. The van der Waals surface area contributed by atoms with Crippen molar-refractivity contribution in [3.63, 3.8) is 0 Å². The van der Waals surface area contributed by atoms with Crippen LogP contribution in [-0.2, 0) is 6.54 Å². The smallest absolute Gasteiger partial charge is 0.195 e. The van der Waals surface area contributed by atoms with E-state index in [1.54, 1.807) is 17.5 Å². The van der Waals surface area contributed by atoms with Crippen LogP contribution in [0.3, 0.4) is 0 Å². The van der Waals surface area contributed by atoms with E-state index < -0.39 is 0 Å². The number of nitrogens with one attached hydrogen (secondary N) is 1. The summed E-state index contributed by atoms with van der Waals surface area (Å²) >= 11 is 7.83. The fraction of sp³-hybridized carbons (Fsp3) is 0.400. The van der Waals surface area contributed by atoms with E-state index in [2.05, 4.69) is 29.8 Å². The highest BCUT2D eigenvalue weighted by Gasteiger charge is 2.25. The molecule has 0 spiro atoms. The summed E-state index contributed by atoms with van der Waals surface area (Å²) < 4.78 is 2.05. The molecule has 1 fully saturated rings. The number of hydrogen-bond acceptors (Lipinski definition) is 6. The minimum absolute atomic E-state index is 0.441. The Morgan fingerprint density at radius 3 is 3.26 bits per heavy atom. The van der Waals surface area contributed by atoms with Crippen LogP contribution in [0, 0.1) is 0 Å². The summed E-state index contributed by atoms with van der Waals surface area (Å²) in [6.45, 7) is 2.64. The topological polar surface area (TPSA) is 58.4 Å². The van der Waals surface area contributed by atoms with Crippen LogP contribution in [0.1, 0.15) is 18.5 Å². The van der Waals surface area contributed by atoms with Gasteiger partial charge in [0, 0.05) is 43.4 Å². The van der Waals surface area contributed by atoms with Gasteiger partial charge >= 0.3 is 0 Å². The van der Waals surface area contributed by atoms with E-state index in [9.17, 15) is 0 Å². The van der Waals surface area contributed by atoms with E-state index in [4.69, 9.17) is 11.6 Å². The van der Waals surface area contributed by atoms with Crippen LogP contribution in [0.4, 0.5) is 5.82 Å². The monoisotopic (exact) mass is 348 g/mol. The molecule has 120 valence electrons. The predicted molar refractivity (Wildman–Crippen MR) is 92.2 cm³/mol. The standard InChI is InChI=1S/C15H17ClN6S/c16-14-12(22-7-8-23-15(22)19-14)10-17-9-11-3-2-6-21(11)13-4-1-5-18-20-13/h1,4-5,7-8,11,17H,2-3,6,9-10H2. The van der Waals surface area contributed by atoms with Gasteiger partial charge in [0.2, 0.25) is 0 Å². The van der Waals surface area contributed by atoms with Gasteiger partial charge in [0.05, 0.1) is 5.69 Å². The molecule has 6 nitrogen and oxygen atoms in total. The second-order valence-corrected chi connectivity index (χ2v) is 6.84. The van der Waals surface area contributed by atoms with E-state index in [1.165, 1.54) is 6.42 Å². The minimum atomic E-state index is 0.441. The van der Waals surface area contributed by atoms with Crippen LogP contribution < -0.4 is 10.2 Å². The average molecular weight is 349 g/mol. The summed E-state index contributed by atoms with van der Waals surface area (Å²) in [4.78, 5) is 7.63. The molecule has 1 saturated heterocycles. The second kappa shape index (κ2) is 6.43. The lowest BCUT2D eigenvalue weighted by Crippen LogP contribution is -2.38. The van der Waals surface area contributed by atoms with Crippen molar-refractivity contribution in [2.75, 3.05) is 18.0 Å². The summed E-state index contributed by atoms with van der Waals surface area (Å²) in [5.41, 5.74) is 1.02. The van der Waals surface area contributed by atoms with E-state index in [0.29, 0.717) is 17.7 Å². The third-order valence-electron chi connectivity index (χ3n) is 4.21. The molecule has 1 atom stereocenters. The average Bonchev–Trinajstić information content (AvgIpc) is 3.26. The van der Waals surface area contributed by atoms with Gasteiger partial charge in [-0.3, -0.25) is 4.40 Å². The van der Waals surface area contributed by atoms with Crippen molar-refractivity contribution in [3.8, 4) is 0 Å². The van der Waals surface area contributed by atoms with Crippen molar-refractivity contribution in [3.05, 3.63) is 40.8 Å². The maximum absolute atomic E-state index is 6.24. The maximum atomic E-state index is 6.24. The first-order valence-electron chi connectivity index (χ1n) is 7.68. The Morgan fingerprint density at radius 1 is 1.43 bits per heavy atom. The van der Waals surface area contributed by atoms with E-state index in [1.807, 2.05) is 23.7 Å². The molecular weight excluding hydrogens is 332 g/mol. The summed E-state index contributed by atoms with van der Waals surface area (Å²) in [6, 6.07) is 4.40. The number of rotatable bonds is 5. The third-order valence-corrected chi connectivity index (χ3v) is 5.27. The predicted octanol–water partition coefficient (Wildman–Crippen LogP) is 2.60. The Labute approximate surface area is 143 Å². The van der Waals surface area contributed by atoms with Crippen LogP contribution >= 0.6 is 22.9 Å². The van der Waals surface area contributed by atoms with Gasteiger partial charge in [0.15, 0.2) is 15.9 Å². The minimum Gasteiger partial charge on any atom is -0.351 e. The molecule has 3 aromatic rings. The van der Waals surface area contributed by atoms with Gasteiger partial charge in [-0.05, 0) is 25.0 Å². The van der Waals surface area contributed by atoms with Gasteiger partial charge in [-0.15, -0.1) is 16.4 Å². The summed E-state index contributed by atoms with van der Waals surface area (Å²) in [7, 11) is 0. The van der Waals surface area contributed by atoms with Crippen LogP contribution in [0.15, 0.2) is 29.9 Å². The normalized spacial score (nSPS) is 18.1. The molecule has 1 aliphatic heterocycles. The number of anilines is 1. The first-order valence-corrected chi connectivity index (χ1v) is 8.93. The third kappa shape index (κ3) is 2.91. The molecule has 0 aliphatic carbocycles. The van der Waals surface area contributed by atoms with Crippen molar-refractivity contribution < 1.29 is 0 Å². The number of nitrogens with zero attached hydrogens (tertiary/aromatic N) is 5. The van der Waals surface area contributed by atoms with Crippen molar-refractivity contribution in [1.29, 1.82) is 0 Å². The van der Waals surface area contributed by atoms with E-state index >= 15 is 0 Å². The summed E-state index contributed by atoms with van der Waals surface area (Å²) in [5.74, 6) is 0.958. The molecule has 1 aliphatic rings. The molecule has 8 heteroatoms. The molecule has 0 amide bonds. The number of imidazole rings is 1. The Morgan fingerprint density at radius 2 is 2.39 bits per heavy atom. The molecule has 0 radical (unpaired) electrons. The van der Waals surface area contributed by atoms with Crippen LogP contribution in [0.2, 0.25) is 5.15 Å². The molecule has 0 bridgehead atoms. The van der Waals surface area contributed by atoms with Crippen LogP contribution in [-0.4, -0.2) is 38.7 Å². The summed E-state index contributed by atoms with van der Waals surface area (Å²) in [6.07, 6.45) is 6.07. The lowest BCUT2D eigenvalue weighted by atomic mass is 10.2. The first-order chi connectivity index (χ1) is 11.3. The van der Waals surface area contributed by atoms with Gasteiger partial charge < -0.3 is 10.2 Å². The Bertz CT molecular complexity index is 786. The molecular formula is C15H17ClN6S. The first kappa shape index (κ1) is 14.9. The van der Waals surface area contributed by atoms with Crippen LogP contribution in [0.25, 0.3) is 4.96 Å². The second-order valence-electron chi connectivity index (χ2n) is 5.61. The summed E-state index contributed by atoms with van der Waals surface area (Å²) in [5, 5.41) is 14.3. The molecule has 4 heterocycles. The molecule has 4 rings (SSSR count). The Hall–Kier alpha value is -1.70. The molecule has 3 aromatic heterocycles. The molecule has 23 heavy (non-hydrogen) atoms. The van der Waals surface area contributed by atoms with Crippen molar-refractivity contribution in [2.24, 2.45) is 0 Å². The van der Waals surface area contributed by atoms with Crippen molar-refractivity contribution in [2.45, 2.75) is 25.4 Å². The van der Waals surface area contributed by atoms with E-state index in [0.717, 1.165) is 36.0 Å². The highest BCUT2D eigenvalue weighted by molar-refractivity contribution is 7.15. The maximum Gasteiger partial charge on any atom is 0.195 e. The van der Waals surface area contributed by atoms with Gasteiger partial charge in [-0.1, -0.05) is 11.6 Å². The quantitative estimate of drug-likeness (QED) is 0.768. The lowest BCUT2D eigenvalue weighted by Gasteiger charge is -2.25. The van der Waals surface area contributed by atoms with E-state index in [-0.39, 0.29) is 0 Å². The fourth-order valence-corrected chi connectivity index (χ4v) is 4.14. The van der Waals surface area contributed by atoms with Gasteiger partial charge in [0.1, 0.15) is 0 Å². The van der Waals surface area contributed by atoms with Crippen molar-refractivity contribution in [1.82, 2.24) is 24.9 Å².